The fraction of sp³-hybridized carbons (Fsp3) is 0.538. The number of aryl methyl sites for hydroxylation is 2. The van der Waals surface area contributed by atoms with Crippen LogP contribution in [-0.2, 0) is 0 Å². The van der Waals surface area contributed by atoms with Crippen molar-refractivity contribution in [3.05, 3.63) is 29.3 Å². The van der Waals surface area contributed by atoms with Gasteiger partial charge in [0, 0.05) is 18.3 Å². The molecule has 0 bridgehead atoms. The molecule has 0 saturated carbocycles. The average Bonchev–Trinajstić information content (AvgIpc) is 2.56. The Balaban J connectivity index is 2.04. The maximum atomic E-state index is 3.63. The lowest BCUT2D eigenvalue weighted by Gasteiger charge is -2.16. The molecule has 0 aromatic heterocycles. The zero-order chi connectivity index (χ0) is 10.8. The summed E-state index contributed by atoms with van der Waals surface area (Å²) in [7, 11) is 2.18. The molecule has 2 rings (SSSR count). The van der Waals surface area contributed by atoms with Crippen LogP contribution in [0.5, 0.6) is 0 Å². The summed E-state index contributed by atoms with van der Waals surface area (Å²) >= 11 is 0. The molecule has 82 valence electrons. The van der Waals surface area contributed by atoms with Crippen molar-refractivity contribution >= 4 is 5.69 Å². The van der Waals surface area contributed by atoms with Crippen LogP contribution in [0.1, 0.15) is 17.5 Å². The molecule has 1 aromatic rings. The molecule has 15 heavy (non-hydrogen) atoms. The van der Waals surface area contributed by atoms with Crippen LogP contribution in [0.15, 0.2) is 18.2 Å². The molecule has 0 aliphatic carbocycles. The Hall–Kier alpha value is -1.02. The van der Waals surface area contributed by atoms with Crippen LogP contribution in [-0.4, -0.2) is 31.1 Å². The molecule has 1 fully saturated rings. The first-order valence-corrected chi connectivity index (χ1v) is 5.67. The van der Waals surface area contributed by atoms with Gasteiger partial charge in [-0.15, -0.1) is 0 Å². The third-order valence-electron chi connectivity index (χ3n) is 3.13. The minimum Gasteiger partial charge on any atom is -0.381 e. The van der Waals surface area contributed by atoms with Gasteiger partial charge in [0.1, 0.15) is 0 Å². The highest BCUT2D eigenvalue weighted by atomic mass is 15.2. The van der Waals surface area contributed by atoms with E-state index in [9.17, 15) is 0 Å². The maximum absolute atomic E-state index is 3.63. The summed E-state index contributed by atoms with van der Waals surface area (Å²) in [5.41, 5.74) is 3.98. The number of likely N-dealkylation sites (N-methyl/N-ethyl adjacent to an activating group) is 1. The zero-order valence-electron chi connectivity index (χ0n) is 9.88. The fourth-order valence-corrected chi connectivity index (χ4v) is 2.25. The van der Waals surface area contributed by atoms with Crippen LogP contribution in [0.3, 0.4) is 0 Å². The van der Waals surface area contributed by atoms with Gasteiger partial charge in [-0.3, -0.25) is 0 Å². The SMILES string of the molecule is Cc1ccc(NC2CCN(C)C2)c(C)c1. The number of rotatable bonds is 2. The third-order valence-corrected chi connectivity index (χ3v) is 3.13. The molecule has 1 aromatic carbocycles. The summed E-state index contributed by atoms with van der Waals surface area (Å²) in [6.45, 7) is 6.68. The summed E-state index contributed by atoms with van der Waals surface area (Å²) in [5.74, 6) is 0. The molecular weight excluding hydrogens is 184 g/mol. The van der Waals surface area contributed by atoms with Crippen molar-refractivity contribution in [1.82, 2.24) is 4.90 Å². The predicted molar refractivity (Wildman–Crippen MR) is 65.4 cm³/mol. The van der Waals surface area contributed by atoms with E-state index >= 15 is 0 Å². The Morgan fingerprint density at radius 2 is 2.13 bits per heavy atom. The molecule has 2 nitrogen and oxygen atoms in total. The van der Waals surface area contributed by atoms with Crippen LogP contribution in [0.4, 0.5) is 5.69 Å². The smallest absolute Gasteiger partial charge is 0.0400 e. The summed E-state index contributed by atoms with van der Waals surface area (Å²) in [4.78, 5) is 2.38. The summed E-state index contributed by atoms with van der Waals surface area (Å²) in [5, 5.41) is 3.63. The molecule has 1 unspecified atom stereocenters. The molecule has 1 heterocycles. The second kappa shape index (κ2) is 4.23. The second-order valence-corrected chi connectivity index (χ2v) is 4.71. The summed E-state index contributed by atoms with van der Waals surface area (Å²) in [6.07, 6.45) is 1.25. The van der Waals surface area contributed by atoms with Crippen LogP contribution in [0, 0.1) is 13.8 Å². The molecule has 1 aliphatic rings. The number of likely N-dealkylation sites (tertiary alicyclic amines) is 1. The lowest BCUT2D eigenvalue weighted by molar-refractivity contribution is 0.414. The van der Waals surface area contributed by atoms with Crippen LogP contribution in [0.25, 0.3) is 0 Å². The van der Waals surface area contributed by atoms with Gasteiger partial charge in [-0.1, -0.05) is 17.7 Å². The van der Waals surface area contributed by atoms with Crippen molar-refractivity contribution in [1.29, 1.82) is 0 Å². The third kappa shape index (κ3) is 2.51. The second-order valence-electron chi connectivity index (χ2n) is 4.71. The van der Waals surface area contributed by atoms with Gasteiger partial charge in [0.25, 0.3) is 0 Å². The molecule has 2 heteroatoms. The standard InChI is InChI=1S/C13H20N2/c1-10-4-5-13(11(2)8-10)14-12-6-7-15(3)9-12/h4-5,8,12,14H,6-7,9H2,1-3H3. The summed E-state index contributed by atoms with van der Waals surface area (Å²) < 4.78 is 0. The number of nitrogens with zero attached hydrogens (tertiary/aromatic N) is 1. The van der Waals surface area contributed by atoms with E-state index in [0.717, 1.165) is 6.54 Å². The van der Waals surface area contributed by atoms with Gasteiger partial charge in [0.15, 0.2) is 0 Å². The molecule has 0 radical (unpaired) electrons. The highest BCUT2D eigenvalue weighted by molar-refractivity contribution is 5.52. The zero-order valence-corrected chi connectivity index (χ0v) is 9.88. The van der Waals surface area contributed by atoms with E-state index in [4.69, 9.17) is 0 Å². The van der Waals surface area contributed by atoms with Gasteiger partial charge < -0.3 is 10.2 Å². The Kier molecular flexibility index (Phi) is 2.96. The summed E-state index contributed by atoms with van der Waals surface area (Å²) in [6, 6.07) is 7.23. The number of hydrogen-bond acceptors (Lipinski definition) is 2. The van der Waals surface area contributed by atoms with Gasteiger partial charge in [-0.2, -0.15) is 0 Å². The minimum absolute atomic E-state index is 0.622. The minimum atomic E-state index is 0.622. The van der Waals surface area contributed by atoms with Crippen molar-refractivity contribution in [3.63, 3.8) is 0 Å². The van der Waals surface area contributed by atoms with Gasteiger partial charge >= 0.3 is 0 Å². The van der Waals surface area contributed by atoms with Gasteiger partial charge in [-0.25, -0.2) is 0 Å². The van der Waals surface area contributed by atoms with E-state index < -0.39 is 0 Å². The number of nitrogens with one attached hydrogen (secondary N) is 1. The normalized spacial score (nSPS) is 21.9. The molecule has 1 aliphatic heterocycles. The van der Waals surface area contributed by atoms with Crippen LogP contribution in [0.2, 0.25) is 0 Å². The molecular formula is C13H20N2. The largest absolute Gasteiger partial charge is 0.381 e. The predicted octanol–water partition coefficient (Wildman–Crippen LogP) is 2.42. The quantitative estimate of drug-likeness (QED) is 0.796. The van der Waals surface area contributed by atoms with Gasteiger partial charge in [0.05, 0.1) is 0 Å². The average molecular weight is 204 g/mol. The number of anilines is 1. The van der Waals surface area contributed by atoms with Gasteiger partial charge in [-0.05, 0) is 45.5 Å². The van der Waals surface area contributed by atoms with E-state index in [1.165, 1.54) is 29.8 Å². The number of benzene rings is 1. The highest BCUT2D eigenvalue weighted by Gasteiger charge is 2.19. The maximum Gasteiger partial charge on any atom is 0.0400 e. The fourth-order valence-electron chi connectivity index (χ4n) is 2.25. The van der Waals surface area contributed by atoms with E-state index in [1.54, 1.807) is 0 Å². The van der Waals surface area contributed by atoms with Crippen molar-refractivity contribution in [3.8, 4) is 0 Å². The molecule has 1 atom stereocenters. The Morgan fingerprint density at radius 3 is 2.73 bits per heavy atom. The lowest BCUT2D eigenvalue weighted by atomic mass is 10.1. The van der Waals surface area contributed by atoms with E-state index in [-0.39, 0.29) is 0 Å². The number of hydrogen-bond donors (Lipinski definition) is 1. The van der Waals surface area contributed by atoms with Crippen molar-refractivity contribution in [2.45, 2.75) is 26.3 Å². The molecule has 0 amide bonds. The van der Waals surface area contributed by atoms with Crippen molar-refractivity contribution in [2.24, 2.45) is 0 Å². The van der Waals surface area contributed by atoms with Gasteiger partial charge in [0.2, 0.25) is 0 Å². The first-order chi connectivity index (χ1) is 7.15. The Morgan fingerprint density at radius 1 is 1.33 bits per heavy atom. The van der Waals surface area contributed by atoms with Crippen molar-refractivity contribution in [2.75, 3.05) is 25.5 Å². The molecule has 1 N–H and O–H groups in total. The van der Waals surface area contributed by atoms with Crippen molar-refractivity contribution < 1.29 is 0 Å². The Bertz CT molecular complexity index is 346. The molecule has 1 saturated heterocycles. The lowest BCUT2D eigenvalue weighted by Crippen LogP contribution is -2.23. The van der Waals surface area contributed by atoms with E-state index in [2.05, 4.69) is 49.3 Å². The molecule has 0 spiro atoms. The topological polar surface area (TPSA) is 15.3 Å². The van der Waals surface area contributed by atoms with Crippen LogP contribution >= 0.6 is 0 Å². The monoisotopic (exact) mass is 204 g/mol. The van der Waals surface area contributed by atoms with E-state index in [0.29, 0.717) is 6.04 Å². The van der Waals surface area contributed by atoms with E-state index in [1.807, 2.05) is 0 Å². The highest BCUT2D eigenvalue weighted by Crippen LogP contribution is 2.19. The Labute approximate surface area is 92.3 Å². The first-order valence-electron chi connectivity index (χ1n) is 5.67. The first kappa shape index (κ1) is 10.5. The van der Waals surface area contributed by atoms with Crippen LogP contribution < -0.4 is 5.32 Å².